The van der Waals surface area contributed by atoms with Gasteiger partial charge in [0, 0.05) is 25.9 Å². The van der Waals surface area contributed by atoms with Crippen LogP contribution in [0.3, 0.4) is 0 Å². The van der Waals surface area contributed by atoms with Gasteiger partial charge in [0.25, 0.3) is 11.5 Å². The quantitative estimate of drug-likeness (QED) is 0.315. The Morgan fingerprint density at radius 2 is 2.05 bits per heavy atom. The molecule has 1 atom stereocenters. The number of amides is 1. The van der Waals surface area contributed by atoms with Crippen molar-refractivity contribution in [2.45, 2.75) is 25.4 Å². The minimum Gasteiger partial charge on any atom is -0.493 e. The fraction of sp³-hybridized carbons (Fsp3) is 0.333. The number of nitrogens with zero attached hydrogens (tertiary/aromatic N) is 3. The van der Waals surface area contributed by atoms with E-state index in [-0.39, 0.29) is 17.6 Å². The fourth-order valence-corrected chi connectivity index (χ4v) is 5.77. The van der Waals surface area contributed by atoms with Gasteiger partial charge in [-0.1, -0.05) is 36.1 Å². The van der Waals surface area contributed by atoms with Crippen molar-refractivity contribution in [3.63, 3.8) is 0 Å². The van der Waals surface area contributed by atoms with Crippen LogP contribution >= 0.6 is 24.0 Å². The molecular formula is C27H28N4O5S2. The van der Waals surface area contributed by atoms with Crippen molar-refractivity contribution < 1.29 is 19.0 Å². The molecule has 1 unspecified atom stereocenters. The smallest absolute Gasteiger partial charge is 0.267 e. The zero-order valence-electron chi connectivity index (χ0n) is 21.1. The minimum absolute atomic E-state index is 0.0636. The number of aromatic nitrogens is 2. The second kappa shape index (κ2) is 11.5. The number of thiocarbonyl (C=S) groups is 1. The maximum Gasteiger partial charge on any atom is 0.267 e. The van der Waals surface area contributed by atoms with Crippen molar-refractivity contribution >= 4 is 51.7 Å². The monoisotopic (exact) mass is 552 g/mol. The maximum atomic E-state index is 13.4. The zero-order valence-corrected chi connectivity index (χ0v) is 22.8. The van der Waals surface area contributed by atoms with E-state index in [0.29, 0.717) is 57.3 Å². The molecule has 9 nitrogen and oxygen atoms in total. The van der Waals surface area contributed by atoms with Gasteiger partial charge >= 0.3 is 0 Å². The number of pyridine rings is 1. The summed E-state index contributed by atoms with van der Waals surface area (Å²) in [4.78, 5) is 33.4. The molecule has 2 saturated heterocycles. The molecule has 4 heterocycles. The zero-order chi connectivity index (χ0) is 26.6. The summed E-state index contributed by atoms with van der Waals surface area (Å²) in [7, 11) is 3.17. The Labute approximate surface area is 229 Å². The van der Waals surface area contributed by atoms with Crippen molar-refractivity contribution in [1.29, 1.82) is 0 Å². The third-order valence-corrected chi connectivity index (χ3v) is 7.89. The van der Waals surface area contributed by atoms with Gasteiger partial charge < -0.3 is 19.5 Å². The van der Waals surface area contributed by atoms with Crippen LogP contribution in [0.1, 0.15) is 24.0 Å². The van der Waals surface area contributed by atoms with E-state index in [0.717, 1.165) is 25.0 Å². The number of ether oxygens (including phenoxy) is 3. The molecule has 2 fully saturated rings. The molecular weight excluding hydrogens is 524 g/mol. The van der Waals surface area contributed by atoms with Crippen molar-refractivity contribution in [2.24, 2.45) is 0 Å². The van der Waals surface area contributed by atoms with Gasteiger partial charge in [0.05, 0.1) is 30.8 Å². The number of rotatable bonds is 9. The Morgan fingerprint density at radius 1 is 1.21 bits per heavy atom. The first-order valence-corrected chi connectivity index (χ1v) is 13.5. The van der Waals surface area contributed by atoms with E-state index in [1.165, 1.54) is 16.2 Å². The van der Waals surface area contributed by atoms with Gasteiger partial charge in [-0.15, -0.1) is 0 Å². The van der Waals surface area contributed by atoms with Crippen LogP contribution in [-0.2, 0) is 16.0 Å². The summed E-state index contributed by atoms with van der Waals surface area (Å²) in [6.07, 6.45) is 5.87. The number of carbonyl (C=O) groups excluding carboxylic acids is 1. The van der Waals surface area contributed by atoms with Gasteiger partial charge in [0.15, 0.2) is 11.5 Å². The molecule has 198 valence electrons. The number of anilines is 1. The SMILES string of the molecule is COc1ccc(CCN2C(=O)/C(=C/c3c(NCC4CCCO4)nc4ccccn4c3=O)SC2=S)cc1OC. The molecule has 0 saturated carbocycles. The Kier molecular flexibility index (Phi) is 7.96. The van der Waals surface area contributed by atoms with E-state index in [9.17, 15) is 9.59 Å². The molecule has 5 rings (SSSR count). The molecule has 0 bridgehead atoms. The first kappa shape index (κ1) is 26.2. The third kappa shape index (κ3) is 5.40. The fourth-order valence-electron chi connectivity index (χ4n) is 4.48. The number of thioether (sulfide) groups is 1. The predicted octanol–water partition coefficient (Wildman–Crippen LogP) is 3.75. The predicted molar refractivity (Wildman–Crippen MR) is 152 cm³/mol. The van der Waals surface area contributed by atoms with E-state index < -0.39 is 0 Å². The van der Waals surface area contributed by atoms with Gasteiger partial charge in [0.2, 0.25) is 0 Å². The Hall–Kier alpha value is -3.41. The molecule has 2 aliphatic rings. The van der Waals surface area contributed by atoms with Crippen LogP contribution in [0.2, 0.25) is 0 Å². The summed E-state index contributed by atoms with van der Waals surface area (Å²) < 4.78 is 18.3. The highest BCUT2D eigenvalue weighted by atomic mass is 32.2. The summed E-state index contributed by atoms with van der Waals surface area (Å²) in [5, 5.41) is 3.28. The molecule has 1 N–H and O–H groups in total. The highest BCUT2D eigenvalue weighted by Crippen LogP contribution is 2.34. The van der Waals surface area contributed by atoms with E-state index in [4.69, 9.17) is 26.4 Å². The van der Waals surface area contributed by atoms with Crippen LogP contribution in [0.5, 0.6) is 11.5 Å². The minimum atomic E-state index is -0.263. The Bertz CT molecular complexity index is 1470. The van der Waals surface area contributed by atoms with E-state index in [1.54, 1.807) is 43.5 Å². The van der Waals surface area contributed by atoms with Gasteiger partial charge in [0.1, 0.15) is 15.8 Å². The molecule has 2 aliphatic heterocycles. The van der Waals surface area contributed by atoms with Crippen molar-refractivity contribution in [3.05, 3.63) is 69.0 Å². The lowest BCUT2D eigenvalue weighted by Crippen LogP contribution is -2.30. The summed E-state index contributed by atoms with van der Waals surface area (Å²) >= 11 is 6.72. The lowest BCUT2D eigenvalue weighted by Gasteiger charge is -2.15. The second-order valence-corrected chi connectivity index (χ2v) is 10.6. The first-order valence-electron chi connectivity index (χ1n) is 12.3. The normalized spacial score (nSPS) is 18.5. The molecule has 1 aromatic carbocycles. The number of methoxy groups -OCH3 is 2. The van der Waals surface area contributed by atoms with Crippen LogP contribution in [0.15, 0.2) is 52.3 Å². The number of hydrogen-bond donors (Lipinski definition) is 1. The summed E-state index contributed by atoms with van der Waals surface area (Å²) in [5.74, 6) is 1.46. The third-order valence-electron chi connectivity index (χ3n) is 6.51. The molecule has 2 aromatic heterocycles. The van der Waals surface area contributed by atoms with Crippen LogP contribution in [0.25, 0.3) is 11.7 Å². The highest BCUT2D eigenvalue weighted by Gasteiger charge is 2.32. The average molecular weight is 553 g/mol. The van der Waals surface area contributed by atoms with Gasteiger partial charge in [-0.05, 0) is 55.2 Å². The van der Waals surface area contributed by atoms with Gasteiger partial charge in [-0.25, -0.2) is 4.98 Å². The van der Waals surface area contributed by atoms with Crippen molar-refractivity contribution in [1.82, 2.24) is 14.3 Å². The number of carbonyl (C=O) groups is 1. The van der Waals surface area contributed by atoms with E-state index in [1.807, 2.05) is 24.3 Å². The second-order valence-electron chi connectivity index (χ2n) is 8.90. The van der Waals surface area contributed by atoms with Gasteiger partial charge in [-0.2, -0.15) is 0 Å². The lowest BCUT2D eigenvalue weighted by molar-refractivity contribution is -0.122. The average Bonchev–Trinajstić information content (AvgIpc) is 3.55. The maximum absolute atomic E-state index is 13.4. The summed E-state index contributed by atoms with van der Waals surface area (Å²) in [6.45, 7) is 1.66. The van der Waals surface area contributed by atoms with E-state index in [2.05, 4.69) is 10.3 Å². The van der Waals surface area contributed by atoms with Crippen LogP contribution < -0.4 is 20.3 Å². The largest absolute Gasteiger partial charge is 0.493 e. The molecule has 38 heavy (non-hydrogen) atoms. The molecule has 0 spiro atoms. The lowest BCUT2D eigenvalue weighted by atomic mass is 10.1. The molecule has 0 radical (unpaired) electrons. The summed E-state index contributed by atoms with van der Waals surface area (Å²) in [6, 6.07) is 11.0. The Balaban J connectivity index is 1.39. The molecule has 1 amide bonds. The van der Waals surface area contributed by atoms with Crippen molar-refractivity contribution in [3.8, 4) is 11.5 Å². The number of hydrogen-bond acceptors (Lipinski definition) is 9. The Morgan fingerprint density at radius 3 is 2.82 bits per heavy atom. The molecule has 3 aromatic rings. The first-order chi connectivity index (χ1) is 18.5. The number of nitrogens with one attached hydrogen (secondary N) is 1. The number of fused-ring (bicyclic) bond motifs is 1. The van der Waals surface area contributed by atoms with Crippen LogP contribution in [0, 0.1) is 0 Å². The highest BCUT2D eigenvalue weighted by molar-refractivity contribution is 8.26. The van der Waals surface area contributed by atoms with Crippen LogP contribution in [-0.4, -0.2) is 64.5 Å². The summed E-state index contributed by atoms with van der Waals surface area (Å²) in [5.41, 5.74) is 1.55. The van der Waals surface area contributed by atoms with E-state index >= 15 is 0 Å². The molecule has 11 heteroatoms. The number of benzene rings is 1. The van der Waals surface area contributed by atoms with Crippen molar-refractivity contribution in [2.75, 3.05) is 39.2 Å². The van der Waals surface area contributed by atoms with Crippen LogP contribution in [0.4, 0.5) is 5.82 Å². The topological polar surface area (TPSA) is 94.4 Å². The van der Waals surface area contributed by atoms with Gasteiger partial charge in [-0.3, -0.25) is 18.9 Å². The standard InChI is InChI=1S/C27H28N4O5S2/c1-34-20-9-8-17(14-21(20)35-2)10-12-31-26(33)22(38-27(31)37)15-19-24(28-16-18-6-5-13-36-18)29-23-7-3-4-11-30(23)25(19)32/h3-4,7-9,11,14-15,18,28H,5-6,10,12-13,16H2,1-2H3/b22-15-. The molecule has 0 aliphatic carbocycles.